The van der Waals surface area contributed by atoms with Gasteiger partial charge in [-0.2, -0.15) is 0 Å². The van der Waals surface area contributed by atoms with Crippen molar-refractivity contribution < 1.29 is 18.7 Å². The molecule has 3 aromatic rings. The summed E-state index contributed by atoms with van der Waals surface area (Å²) in [6.07, 6.45) is 1.87. The van der Waals surface area contributed by atoms with Crippen LogP contribution >= 0.6 is 11.3 Å². The van der Waals surface area contributed by atoms with E-state index in [0.29, 0.717) is 13.1 Å². The van der Waals surface area contributed by atoms with Gasteiger partial charge in [-0.25, -0.2) is 14.2 Å². The first kappa shape index (κ1) is 18.6. The van der Waals surface area contributed by atoms with Gasteiger partial charge in [0, 0.05) is 19.0 Å². The van der Waals surface area contributed by atoms with E-state index in [1.54, 1.807) is 16.2 Å². The van der Waals surface area contributed by atoms with E-state index in [-0.39, 0.29) is 24.0 Å². The number of esters is 1. The monoisotopic (exact) mass is 398 g/mol. The van der Waals surface area contributed by atoms with E-state index in [9.17, 15) is 14.0 Å². The Morgan fingerprint density at radius 1 is 1.18 bits per heavy atom. The summed E-state index contributed by atoms with van der Waals surface area (Å²) in [4.78, 5) is 31.0. The van der Waals surface area contributed by atoms with E-state index in [0.717, 1.165) is 28.1 Å². The van der Waals surface area contributed by atoms with Gasteiger partial charge in [0.2, 0.25) is 0 Å². The number of amides is 1. The molecule has 0 spiro atoms. The fraction of sp³-hybridized carbons (Fsp3) is 0.286. The van der Waals surface area contributed by atoms with Crippen LogP contribution in [0.4, 0.5) is 4.39 Å². The zero-order valence-electron chi connectivity index (χ0n) is 15.1. The molecule has 7 heteroatoms. The summed E-state index contributed by atoms with van der Waals surface area (Å²) < 4.78 is 19.2. The van der Waals surface area contributed by atoms with Gasteiger partial charge >= 0.3 is 5.97 Å². The van der Waals surface area contributed by atoms with E-state index in [2.05, 4.69) is 6.07 Å². The van der Waals surface area contributed by atoms with Gasteiger partial charge in [0.1, 0.15) is 5.82 Å². The van der Waals surface area contributed by atoms with Crippen LogP contribution in [0.1, 0.15) is 34.1 Å². The molecule has 0 aliphatic carbocycles. The van der Waals surface area contributed by atoms with Crippen molar-refractivity contribution in [2.45, 2.75) is 18.8 Å². The molecular formula is C21H19FN2O3S. The molecule has 1 fully saturated rings. The first-order valence-electron chi connectivity index (χ1n) is 9.16. The summed E-state index contributed by atoms with van der Waals surface area (Å²) in [5.74, 6) is -1.08. The second-order valence-corrected chi connectivity index (χ2v) is 7.84. The predicted molar refractivity (Wildman–Crippen MR) is 105 cm³/mol. The Hall–Kier alpha value is -2.80. The van der Waals surface area contributed by atoms with Crippen molar-refractivity contribution >= 4 is 33.4 Å². The lowest BCUT2D eigenvalue weighted by Crippen LogP contribution is -2.41. The van der Waals surface area contributed by atoms with Gasteiger partial charge in [0.05, 0.1) is 20.8 Å². The number of carbonyl (C=O) groups is 2. The molecule has 0 saturated carbocycles. The first-order chi connectivity index (χ1) is 13.6. The average molecular weight is 398 g/mol. The van der Waals surface area contributed by atoms with Crippen molar-refractivity contribution in [3.05, 3.63) is 64.9 Å². The highest BCUT2D eigenvalue weighted by Gasteiger charge is 2.27. The number of likely N-dealkylation sites (tertiary alicyclic amines) is 1. The molecule has 4 rings (SSSR count). The second kappa shape index (κ2) is 8.06. The van der Waals surface area contributed by atoms with Gasteiger partial charge in [-0.05, 0) is 49.2 Å². The summed E-state index contributed by atoms with van der Waals surface area (Å²) in [5, 5.41) is 1.04. The summed E-state index contributed by atoms with van der Waals surface area (Å²) in [6.45, 7) is 0.907. The van der Waals surface area contributed by atoms with Crippen molar-refractivity contribution in [2.75, 3.05) is 19.7 Å². The fourth-order valence-electron chi connectivity index (χ4n) is 3.36. The Morgan fingerprint density at radius 3 is 2.75 bits per heavy atom. The maximum atomic E-state index is 12.9. The quantitative estimate of drug-likeness (QED) is 0.624. The minimum absolute atomic E-state index is 0.197. The Morgan fingerprint density at radius 2 is 1.96 bits per heavy atom. The zero-order valence-corrected chi connectivity index (χ0v) is 16.0. The third kappa shape index (κ3) is 4.04. The molecule has 2 aromatic carbocycles. The molecule has 1 aliphatic rings. The number of fused-ring (bicyclic) bond motifs is 1. The van der Waals surface area contributed by atoms with Crippen LogP contribution in [0.5, 0.6) is 0 Å². The molecule has 2 heterocycles. The number of thiazole rings is 1. The minimum atomic E-state index is -0.631. The number of hydrogen-bond donors (Lipinski definition) is 0. The summed E-state index contributed by atoms with van der Waals surface area (Å²) in [5.41, 5.74) is 1.21. The number of aromatic nitrogens is 1. The largest absolute Gasteiger partial charge is 0.452 e. The van der Waals surface area contributed by atoms with Crippen molar-refractivity contribution in [3.8, 4) is 0 Å². The third-order valence-corrected chi connectivity index (χ3v) is 6.04. The number of benzene rings is 2. The number of halogens is 1. The molecule has 5 nitrogen and oxygen atoms in total. The van der Waals surface area contributed by atoms with Crippen LogP contribution < -0.4 is 0 Å². The molecule has 0 N–H and O–H groups in total. The zero-order chi connectivity index (χ0) is 19.5. The molecule has 1 atom stereocenters. The van der Waals surface area contributed by atoms with Crippen LogP contribution in [-0.2, 0) is 9.53 Å². The van der Waals surface area contributed by atoms with Crippen LogP contribution in [0.15, 0.2) is 48.5 Å². The van der Waals surface area contributed by atoms with Gasteiger partial charge < -0.3 is 9.64 Å². The summed E-state index contributed by atoms with van der Waals surface area (Å²) in [7, 11) is 0. The van der Waals surface area contributed by atoms with Gasteiger partial charge in [-0.15, -0.1) is 11.3 Å². The molecule has 1 aromatic heterocycles. The number of hydrogen-bond acceptors (Lipinski definition) is 5. The van der Waals surface area contributed by atoms with Crippen molar-refractivity contribution in [1.82, 2.24) is 9.88 Å². The molecule has 1 saturated heterocycles. The molecular weight excluding hydrogens is 379 g/mol. The number of piperidine rings is 1. The molecule has 28 heavy (non-hydrogen) atoms. The third-order valence-electron chi connectivity index (χ3n) is 4.84. The van der Waals surface area contributed by atoms with E-state index < -0.39 is 11.8 Å². The number of carbonyl (C=O) groups excluding carboxylic acids is 2. The minimum Gasteiger partial charge on any atom is -0.452 e. The predicted octanol–water partition coefficient (Wildman–Crippen LogP) is 4.00. The van der Waals surface area contributed by atoms with E-state index in [1.807, 2.05) is 18.2 Å². The standard InChI is InChI=1S/C21H19FN2O3S/c22-16-9-7-14(8-10-16)21(26)27-13-19(25)24-11-3-4-15(12-24)20-23-17-5-1-2-6-18(17)28-20/h1-2,5-10,15H,3-4,11-13H2/t15-/m0/s1. The number of rotatable bonds is 4. The second-order valence-electron chi connectivity index (χ2n) is 6.78. The molecule has 0 bridgehead atoms. The summed E-state index contributed by atoms with van der Waals surface area (Å²) in [6, 6.07) is 13.1. The van der Waals surface area contributed by atoms with Gasteiger partial charge in [0.25, 0.3) is 5.91 Å². The lowest BCUT2D eigenvalue weighted by atomic mass is 9.99. The average Bonchev–Trinajstić information content (AvgIpc) is 3.17. The first-order valence-corrected chi connectivity index (χ1v) is 9.98. The number of nitrogens with zero attached hydrogens (tertiary/aromatic N) is 2. The highest BCUT2D eigenvalue weighted by molar-refractivity contribution is 7.18. The molecule has 1 amide bonds. The smallest absolute Gasteiger partial charge is 0.338 e. The van der Waals surface area contributed by atoms with Gasteiger partial charge in [0.15, 0.2) is 6.61 Å². The highest BCUT2D eigenvalue weighted by atomic mass is 32.1. The van der Waals surface area contributed by atoms with Crippen LogP contribution in [0.2, 0.25) is 0 Å². The Bertz CT molecular complexity index is 969. The SMILES string of the molecule is O=C(OCC(=O)N1CCC[C@H](c2nc3ccccc3s2)C1)c1ccc(F)cc1. The lowest BCUT2D eigenvalue weighted by molar-refractivity contribution is -0.135. The number of para-hydroxylation sites is 1. The van der Waals surface area contributed by atoms with Crippen molar-refractivity contribution in [1.29, 1.82) is 0 Å². The van der Waals surface area contributed by atoms with Crippen LogP contribution in [0.3, 0.4) is 0 Å². The van der Waals surface area contributed by atoms with E-state index >= 15 is 0 Å². The van der Waals surface area contributed by atoms with E-state index in [4.69, 9.17) is 9.72 Å². The molecule has 144 valence electrons. The normalized spacial score (nSPS) is 16.9. The summed E-state index contributed by atoms with van der Waals surface area (Å²) >= 11 is 1.67. The van der Waals surface area contributed by atoms with Crippen molar-refractivity contribution in [3.63, 3.8) is 0 Å². The maximum Gasteiger partial charge on any atom is 0.338 e. The molecule has 0 unspecified atom stereocenters. The van der Waals surface area contributed by atoms with Gasteiger partial charge in [-0.3, -0.25) is 4.79 Å². The van der Waals surface area contributed by atoms with Crippen LogP contribution in [0.25, 0.3) is 10.2 Å². The van der Waals surface area contributed by atoms with Crippen LogP contribution in [0, 0.1) is 5.82 Å². The fourth-order valence-corrected chi connectivity index (χ4v) is 4.45. The highest BCUT2D eigenvalue weighted by Crippen LogP contribution is 2.32. The Balaban J connectivity index is 1.36. The van der Waals surface area contributed by atoms with Gasteiger partial charge in [-0.1, -0.05) is 12.1 Å². The number of ether oxygens (including phenoxy) is 1. The maximum absolute atomic E-state index is 12.9. The topological polar surface area (TPSA) is 59.5 Å². The Labute approximate surface area is 165 Å². The van der Waals surface area contributed by atoms with E-state index in [1.165, 1.54) is 24.3 Å². The molecule has 0 radical (unpaired) electrons. The van der Waals surface area contributed by atoms with Crippen LogP contribution in [-0.4, -0.2) is 41.5 Å². The lowest BCUT2D eigenvalue weighted by Gasteiger charge is -2.31. The Kier molecular flexibility index (Phi) is 5.34. The molecule has 1 aliphatic heterocycles. The van der Waals surface area contributed by atoms with Crippen molar-refractivity contribution in [2.24, 2.45) is 0 Å².